The fourth-order valence-corrected chi connectivity index (χ4v) is 4.58. The molecule has 0 spiro atoms. The molecule has 2 rings (SSSR count). The van der Waals surface area contributed by atoms with Gasteiger partial charge in [0, 0.05) is 29.8 Å². The predicted molar refractivity (Wildman–Crippen MR) is 74.2 cm³/mol. The third-order valence-corrected chi connectivity index (χ3v) is 7.75. The van der Waals surface area contributed by atoms with Crippen molar-refractivity contribution in [1.29, 1.82) is 0 Å². The second-order valence-electron chi connectivity index (χ2n) is 6.28. The SMILES string of the molecule is CC[Si](C)(C)CC1=[C-]C2=C(CCCC2)C1C.[Ti]. The molecule has 0 N–H and O–H groups in total. The smallest absolute Gasteiger partial charge is 0.0495 e. The minimum Gasteiger partial charge on any atom is -0.249 e. The van der Waals surface area contributed by atoms with Crippen LogP contribution in [0.3, 0.4) is 0 Å². The molecular formula is C15H25SiTi-. The van der Waals surface area contributed by atoms with E-state index >= 15 is 0 Å². The minimum absolute atomic E-state index is 0. The number of rotatable bonds is 3. The Bertz CT molecular complexity index is 339. The molecule has 0 saturated carbocycles. The van der Waals surface area contributed by atoms with Crippen LogP contribution in [0.4, 0.5) is 0 Å². The van der Waals surface area contributed by atoms with Gasteiger partial charge in [-0.3, -0.25) is 0 Å². The second-order valence-corrected chi connectivity index (χ2v) is 11.7. The van der Waals surface area contributed by atoms with Gasteiger partial charge in [-0.05, 0) is 0 Å². The first-order valence-corrected chi connectivity index (χ1v) is 10.3. The first-order chi connectivity index (χ1) is 7.53. The fourth-order valence-electron chi connectivity index (χ4n) is 2.90. The van der Waals surface area contributed by atoms with E-state index in [1.807, 2.05) is 0 Å². The van der Waals surface area contributed by atoms with Gasteiger partial charge >= 0.3 is 0 Å². The Labute approximate surface area is 123 Å². The molecule has 17 heavy (non-hydrogen) atoms. The average Bonchev–Trinajstić information content (AvgIpc) is 2.56. The van der Waals surface area contributed by atoms with E-state index < -0.39 is 8.07 Å². The van der Waals surface area contributed by atoms with Gasteiger partial charge in [0.15, 0.2) is 0 Å². The molecule has 0 aromatic rings. The van der Waals surface area contributed by atoms with Crippen LogP contribution in [0.5, 0.6) is 0 Å². The Morgan fingerprint density at radius 2 is 1.88 bits per heavy atom. The van der Waals surface area contributed by atoms with Crippen LogP contribution in [0.1, 0.15) is 39.5 Å². The third kappa shape index (κ3) is 3.45. The van der Waals surface area contributed by atoms with E-state index in [1.165, 1.54) is 37.8 Å². The van der Waals surface area contributed by atoms with Crippen LogP contribution in [-0.4, -0.2) is 8.07 Å². The molecule has 0 amide bonds. The van der Waals surface area contributed by atoms with Gasteiger partial charge in [-0.1, -0.05) is 70.6 Å². The van der Waals surface area contributed by atoms with Crippen LogP contribution in [0.2, 0.25) is 25.2 Å². The summed E-state index contributed by atoms with van der Waals surface area (Å²) in [5, 5.41) is 0. The summed E-state index contributed by atoms with van der Waals surface area (Å²) < 4.78 is 0. The van der Waals surface area contributed by atoms with Crippen LogP contribution in [0.25, 0.3) is 0 Å². The zero-order valence-corrected chi connectivity index (χ0v) is 14.4. The Morgan fingerprint density at radius 1 is 1.24 bits per heavy atom. The van der Waals surface area contributed by atoms with Gasteiger partial charge in [0.25, 0.3) is 0 Å². The monoisotopic (exact) mass is 281 g/mol. The molecule has 2 aliphatic carbocycles. The molecule has 2 aliphatic rings. The molecule has 94 valence electrons. The van der Waals surface area contributed by atoms with Crippen molar-refractivity contribution in [3.8, 4) is 0 Å². The molecule has 0 saturated heterocycles. The standard InChI is InChI=1S/C15H25Si.Ti/c1-5-16(3,4)11-14-10-13-8-6-7-9-15(13)12(14)2;/h12H,5-9,11H2,1-4H3;/q-1;. The van der Waals surface area contributed by atoms with Crippen LogP contribution in [-0.2, 0) is 21.7 Å². The second kappa shape index (κ2) is 6.04. The summed E-state index contributed by atoms with van der Waals surface area (Å²) in [4.78, 5) is 0. The third-order valence-electron chi connectivity index (χ3n) is 4.49. The summed E-state index contributed by atoms with van der Waals surface area (Å²) in [5.41, 5.74) is 4.97. The van der Waals surface area contributed by atoms with E-state index in [9.17, 15) is 0 Å². The van der Waals surface area contributed by atoms with Crippen molar-refractivity contribution < 1.29 is 21.7 Å². The van der Waals surface area contributed by atoms with Crippen molar-refractivity contribution in [2.24, 2.45) is 5.92 Å². The maximum atomic E-state index is 3.76. The van der Waals surface area contributed by atoms with E-state index in [4.69, 9.17) is 0 Å². The van der Waals surface area contributed by atoms with E-state index in [0.717, 1.165) is 5.92 Å². The van der Waals surface area contributed by atoms with Crippen LogP contribution in [0.15, 0.2) is 16.7 Å². The summed E-state index contributed by atoms with van der Waals surface area (Å²) in [5.74, 6) is 0.730. The zero-order chi connectivity index (χ0) is 11.8. The summed E-state index contributed by atoms with van der Waals surface area (Å²) in [6.45, 7) is 9.81. The summed E-state index contributed by atoms with van der Waals surface area (Å²) in [6, 6.07) is 2.77. The topological polar surface area (TPSA) is 0 Å². The molecule has 0 bridgehead atoms. The molecule has 0 aromatic heterocycles. The van der Waals surface area contributed by atoms with Crippen molar-refractivity contribution in [3.63, 3.8) is 0 Å². The van der Waals surface area contributed by atoms with Crippen molar-refractivity contribution in [2.75, 3.05) is 0 Å². The van der Waals surface area contributed by atoms with Crippen molar-refractivity contribution >= 4 is 8.07 Å². The van der Waals surface area contributed by atoms with Gasteiger partial charge < -0.3 is 0 Å². The molecular weight excluding hydrogens is 256 g/mol. The van der Waals surface area contributed by atoms with Gasteiger partial charge in [-0.2, -0.15) is 5.57 Å². The fraction of sp³-hybridized carbons (Fsp3) is 0.733. The maximum Gasteiger partial charge on any atom is 0.0495 e. The molecule has 0 aliphatic heterocycles. The first kappa shape index (κ1) is 15.5. The quantitative estimate of drug-likeness (QED) is 0.506. The Kier molecular flexibility index (Phi) is 5.49. The molecule has 0 heterocycles. The van der Waals surface area contributed by atoms with Gasteiger partial charge in [0.2, 0.25) is 0 Å². The van der Waals surface area contributed by atoms with E-state index in [0.29, 0.717) is 0 Å². The van der Waals surface area contributed by atoms with Crippen molar-refractivity contribution in [1.82, 2.24) is 0 Å². The number of hydrogen-bond acceptors (Lipinski definition) is 0. The van der Waals surface area contributed by atoms with Crippen LogP contribution in [0, 0.1) is 12.0 Å². The number of hydrogen-bond donors (Lipinski definition) is 0. The Hall–Kier alpha value is 0.411. The molecule has 2 heteroatoms. The van der Waals surface area contributed by atoms with E-state index in [2.05, 4.69) is 33.0 Å². The van der Waals surface area contributed by atoms with Crippen LogP contribution >= 0.6 is 0 Å². The maximum absolute atomic E-state index is 3.76. The predicted octanol–water partition coefficient (Wildman–Crippen LogP) is 4.96. The molecule has 0 radical (unpaired) electrons. The largest absolute Gasteiger partial charge is 0.249 e. The first-order valence-electron chi connectivity index (χ1n) is 6.88. The number of allylic oxidation sites excluding steroid dienone is 4. The Balaban J connectivity index is 0.00000144. The van der Waals surface area contributed by atoms with Crippen molar-refractivity contribution in [3.05, 3.63) is 22.8 Å². The summed E-state index contributed by atoms with van der Waals surface area (Å²) in [7, 11) is -0.975. The molecule has 1 unspecified atom stereocenters. The molecule has 0 fully saturated rings. The van der Waals surface area contributed by atoms with Gasteiger partial charge in [-0.15, -0.1) is 0 Å². The summed E-state index contributed by atoms with van der Waals surface area (Å²) >= 11 is 0. The van der Waals surface area contributed by atoms with E-state index in [-0.39, 0.29) is 21.7 Å². The average molecular weight is 281 g/mol. The van der Waals surface area contributed by atoms with Crippen molar-refractivity contribution in [2.45, 2.75) is 64.7 Å². The molecule has 1 atom stereocenters. The van der Waals surface area contributed by atoms with Crippen LogP contribution < -0.4 is 0 Å². The minimum atomic E-state index is -0.975. The molecule has 0 nitrogen and oxygen atoms in total. The van der Waals surface area contributed by atoms with Gasteiger partial charge in [0.1, 0.15) is 0 Å². The summed E-state index contributed by atoms with van der Waals surface area (Å²) in [6.07, 6.45) is 9.21. The van der Waals surface area contributed by atoms with E-state index in [1.54, 1.807) is 16.7 Å². The Morgan fingerprint density at radius 3 is 2.47 bits per heavy atom. The molecule has 0 aromatic carbocycles. The normalized spacial score (nSPS) is 24.2. The van der Waals surface area contributed by atoms with Gasteiger partial charge in [0.05, 0.1) is 0 Å². The van der Waals surface area contributed by atoms with Gasteiger partial charge in [-0.25, -0.2) is 17.2 Å². The zero-order valence-electron chi connectivity index (χ0n) is 11.8.